The summed E-state index contributed by atoms with van der Waals surface area (Å²) in [5.41, 5.74) is 33.4. The molecule has 4 heterocycles. The third-order valence-electron chi connectivity index (χ3n) is 18.3. The number of halogens is 4. The summed E-state index contributed by atoms with van der Waals surface area (Å²) >= 11 is 16.2. The first-order chi connectivity index (χ1) is 36.3. The molecule has 374 valence electrons. The fourth-order valence-corrected chi connectivity index (χ4v) is 16.5. The SMILES string of the molecule is CC(C)c1cc(C(C)C)c(-c2cc3c4c(cc5c(-c6c(C(C)C)cc(C(C)C)cc6C(C)C)cc6c7c(cc2c4c57)B2c4ccc(Br)cc4-c4cc(Br)cc-6c42)B2c4ccc(Br)cc4-c4cc(Br)cc-3c42)c(C(C)C)c1. The van der Waals surface area contributed by atoms with E-state index in [4.69, 9.17) is 0 Å². The fraction of sp³-hybridized carbons (Fsp3) is 0.257. The van der Waals surface area contributed by atoms with Crippen LogP contribution in [0, 0.1) is 0 Å². The van der Waals surface area contributed by atoms with Crippen LogP contribution in [-0.2, 0) is 0 Å². The number of hydrogen-bond donors (Lipinski definition) is 0. The maximum absolute atomic E-state index is 4.13. The van der Waals surface area contributed by atoms with Crippen molar-refractivity contribution in [1.29, 1.82) is 0 Å². The van der Waals surface area contributed by atoms with Crippen molar-refractivity contribution in [3.8, 4) is 66.8 Å². The molecule has 0 aromatic heterocycles. The number of fused-ring (bicyclic) bond motifs is 10. The first-order valence-electron chi connectivity index (χ1n) is 27.8. The maximum atomic E-state index is 4.13. The minimum atomic E-state index is 0.0747. The Labute approximate surface area is 483 Å². The van der Waals surface area contributed by atoms with Crippen LogP contribution in [0.3, 0.4) is 0 Å². The molecule has 10 aromatic rings. The molecule has 0 radical (unpaired) electrons. The molecule has 0 aliphatic carbocycles. The van der Waals surface area contributed by atoms with Crippen LogP contribution in [0.1, 0.15) is 152 Å². The molecule has 14 rings (SSSR count). The van der Waals surface area contributed by atoms with Gasteiger partial charge in [0.25, 0.3) is 0 Å². The van der Waals surface area contributed by atoms with Crippen molar-refractivity contribution in [2.24, 2.45) is 0 Å². The molecule has 0 unspecified atom stereocenters. The molecular weight excluding hydrogens is 1180 g/mol. The Morgan fingerprint density at radius 1 is 0.276 bits per heavy atom. The Morgan fingerprint density at radius 3 is 0.908 bits per heavy atom. The summed E-state index contributed by atoms with van der Waals surface area (Å²) in [5.74, 6) is 2.07. The van der Waals surface area contributed by atoms with Crippen LogP contribution < -0.4 is 32.8 Å². The van der Waals surface area contributed by atoms with Crippen LogP contribution in [0.4, 0.5) is 0 Å². The molecule has 4 aliphatic heterocycles. The van der Waals surface area contributed by atoms with Crippen molar-refractivity contribution in [2.45, 2.75) is 119 Å². The van der Waals surface area contributed by atoms with E-state index >= 15 is 0 Å². The lowest BCUT2D eigenvalue weighted by atomic mass is 9.34. The lowest BCUT2D eigenvalue weighted by Crippen LogP contribution is -2.53. The van der Waals surface area contributed by atoms with E-state index in [0.29, 0.717) is 35.5 Å². The first kappa shape index (κ1) is 49.6. The highest BCUT2D eigenvalue weighted by atomic mass is 79.9. The van der Waals surface area contributed by atoms with E-state index in [1.165, 1.54) is 165 Å². The van der Waals surface area contributed by atoms with Gasteiger partial charge in [0.05, 0.1) is 0 Å². The summed E-state index contributed by atoms with van der Waals surface area (Å²) < 4.78 is 4.46. The number of hydrogen-bond acceptors (Lipinski definition) is 0. The van der Waals surface area contributed by atoms with Gasteiger partial charge < -0.3 is 0 Å². The van der Waals surface area contributed by atoms with Crippen molar-refractivity contribution >= 4 is 142 Å². The third kappa shape index (κ3) is 6.84. The molecule has 0 saturated heterocycles. The zero-order valence-electron chi connectivity index (χ0n) is 45.5. The second-order valence-electron chi connectivity index (χ2n) is 24.7. The van der Waals surface area contributed by atoms with Crippen LogP contribution in [0.15, 0.2) is 127 Å². The van der Waals surface area contributed by atoms with Gasteiger partial charge in [-0.3, -0.25) is 0 Å². The van der Waals surface area contributed by atoms with Gasteiger partial charge in [0, 0.05) is 17.9 Å². The maximum Gasteiger partial charge on any atom is 0.244 e. The summed E-state index contributed by atoms with van der Waals surface area (Å²) in [5, 5.41) is 8.41. The van der Waals surface area contributed by atoms with Gasteiger partial charge in [0.1, 0.15) is 0 Å². The van der Waals surface area contributed by atoms with Crippen LogP contribution in [0.2, 0.25) is 0 Å². The quantitative estimate of drug-likeness (QED) is 0.105. The average molecular weight is 1240 g/mol. The summed E-state index contributed by atoms with van der Waals surface area (Å²) in [6.45, 7) is 28.9. The van der Waals surface area contributed by atoms with E-state index < -0.39 is 0 Å². The van der Waals surface area contributed by atoms with Crippen LogP contribution >= 0.6 is 63.7 Å². The standard InChI is InChI=1S/C70H60B2Br4/c1-31(2)37-17-43(33(5)6)63(44(18-37)34(7)8)49-27-51-57-25-41(75)23-55-47-21-40(74)14-16-60(47)72(69(55)57)62-30-54-50(64-45(35(9)10)19-38(32(3)4)20-46(64)36(11)12)28-52-58-26-42(76)24-56-48-22-39(73)13-15-59(48)71(70(56)58)61-29-53(49)67(65(51)62)68(54)66(52)61/h13-36H,1-12H3. The van der Waals surface area contributed by atoms with Gasteiger partial charge in [-0.15, -0.1) is 0 Å². The summed E-state index contributed by atoms with van der Waals surface area (Å²) in [7, 11) is 0. The molecule has 0 bridgehead atoms. The van der Waals surface area contributed by atoms with E-state index in [1.54, 1.807) is 0 Å². The van der Waals surface area contributed by atoms with Gasteiger partial charge in [-0.1, -0.05) is 228 Å². The van der Waals surface area contributed by atoms with E-state index in [-0.39, 0.29) is 13.4 Å². The van der Waals surface area contributed by atoms with Gasteiger partial charge in [-0.05, 0) is 229 Å². The zero-order chi connectivity index (χ0) is 53.0. The van der Waals surface area contributed by atoms with Crippen LogP contribution in [-0.4, -0.2) is 13.4 Å². The van der Waals surface area contributed by atoms with Crippen LogP contribution in [0.25, 0.3) is 99.1 Å². The second-order valence-corrected chi connectivity index (χ2v) is 28.4. The molecule has 0 fully saturated rings. The summed E-state index contributed by atoms with van der Waals surface area (Å²) in [6, 6.07) is 44.9. The lowest BCUT2D eigenvalue weighted by Gasteiger charge is -2.34. The summed E-state index contributed by atoms with van der Waals surface area (Å²) in [4.78, 5) is 0. The Balaban J connectivity index is 1.28. The van der Waals surface area contributed by atoms with Crippen molar-refractivity contribution in [2.75, 3.05) is 0 Å². The molecule has 4 aliphatic rings. The molecule has 0 N–H and O–H groups in total. The van der Waals surface area contributed by atoms with Crippen molar-refractivity contribution in [1.82, 2.24) is 0 Å². The highest BCUT2D eigenvalue weighted by Crippen LogP contribution is 2.54. The number of rotatable bonds is 8. The zero-order valence-corrected chi connectivity index (χ0v) is 51.9. The first-order valence-corrected chi connectivity index (χ1v) is 31.0. The Morgan fingerprint density at radius 2 is 0.592 bits per heavy atom. The predicted molar refractivity (Wildman–Crippen MR) is 347 cm³/mol. The molecule has 0 atom stereocenters. The highest BCUT2D eigenvalue weighted by Gasteiger charge is 2.45. The molecular formula is C70H60B2Br4. The van der Waals surface area contributed by atoms with Gasteiger partial charge >= 0.3 is 0 Å². The van der Waals surface area contributed by atoms with E-state index in [2.05, 4.69) is 256 Å². The molecule has 0 amide bonds. The minimum Gasteiger partial charge on any atom is -0.0652 e. The molecule has 76 heavy (non-hydrogen) atoms. The lowest BCUT2D eigenvalue weighted by molar-refractivity contribution is 0.807. The largest absolute Gasteiger partial charge is 0.244 e. The van der Waals surface area contributed by atoms with Crippen LogP contribution in [0.5, 0.6) is 0 Å². The normalized spacial score (nSPS) is 13.7. The van der Waals surface area contributed by atoms with Gasteiger partial charge in [0.2, 0.25) is 13.4 Å². The highest BCUT2D eigenvalue weighted by molar-refractivity contribution is 9.11. The topological polar surface area (TPSA) is 0 Å². The number of benzene rings is 10. The van der Waals surface area contributed by atoms with Gasteiger partial charge in [-0.2, -0.15) is 0 Å². The monoisotopic (exact) mass is 1240 g/mol. The third-order valence-corrected chi connectivity index (χ3v) is 20.2. The Kier molecular flexibility index (Phi) is 11.3. The van der Waals surface area contributed by atoms with Crippen molar-refractivity contribution in [3.05, 3.63) is 160 Å². The molecule has 10 aromatic carbocycles. The Bertz CT molecular complexity index is 3920. The van der Waals surface area contributed by atoms with Crippen molar-refractivity contribution in [3.63, 3.8) is 0 Å². The minimum absolute atomic E-state index is 0.0747. The fourth-order valence-electron chi connectivity index (χ4n) is 14.8. The van der Waals surface area contributed by atoms with Crippen molar-refractivity contribution < 1.29 is 0 Å². The Hall–Kier alpha value is -4.71. The van der Waals surface area contributed by atoms with E-state index in [1.807, 2.05) is 0 Å². The molecule has 0 saturated carbocycles. The molecule has 6 heteroatoms. The summed E-state index contributed by atoms with van der Waals surface area (Å²) in [6.07, 6.45) is 0. The molecule has 0 spiro atoms. The van der Waals surface area contributed by atoms with E-state index in [0.717, 1.165) is 17.9 Å². The predicted octanol–water partition coefficient (Wildman–Crippen LogP) is 18.7. The molecule has 0 nitrogen and oxygen atoms in total. The second kappa shape index (κ2) is 17.4. The smallest absolute Gasteiger partial charge is 0.0652 e. The average Bonchev–Trinajstić information content (AvgIpc) is 4.03. The van der Waals surface area contributed by atoms with Gasteiger partial charge in [0.15, 0.2) is 0 Å². The van der Waals surface area contributed by atoms with E-state index in [9.17, 15) is 0 Å². The van der Waals surface area contributed by atoms with Gasteiger partial charge in [-0.25, -0.2) is 0 Å².